The maximum Gasteiger partial charge on any atom is 0.264 e. The summed E-state index contributed by atoms with van der Waals surface area (Å²) in [7, 11) is -2.21. The zero-order valence-electron chi connectivity index (χ0n) is 11.9. The molecular weight excluding hydrogens is 291 g/mol. The normalized spacial score (nSPS) is 11.4. The van der Waals surface area contributed by atoms with E-state index in [0.29, 0.717) is 17.8 Å². The molecule has 4 nitrogen and oxygen atoms in total. The molecule has 2 aromatic rings. The minimum absolute atomic E-state index is 0.356. The molecule has 0 saturated carbocycles. The van der Waals surface area contributed by atoms with Crippen LogP contribution in [0, 0.1) is 12.7 Å². The molecule has 6 heteroatoms. The summed E-state index contributed by atoms with van der Waals surface area (Å²) < 4.78 is 41.0. The number of hydrogen-bond donors (Lipinski definition) is 2. The van der Waals surface area contributed by atoms with Crippen LogP contribution < -0.4 is 10.0 Å². The van der Waals surface area contributed by atoms with Gasteiger partial charge in [-0.2, -0.15) is 0 Å². The van der Waals surface area contributed by atoms with Crippen LogP contribution in [0.5, 0.6) is 0 Å². The quantitative estimate of drug-likeness (QED) is 0.893. The summed E-state index contributed by atoms with van der Waals surface area (Å²) in [5, 5.41) is 2.88. The van der Waals surface area contributed by atoms with Gasteiger partial charge in [-0.15, -0.1) is 0 Å². The third-order valence-corrected chi connectivity index (χ3v) is 4.45. The van der Waals surface area contributed by atoms with Gasteiger partial charge in [0.15, 0.2) is 0 Å². The van der Waals surface area contributed by atoms with Crippen LogP contribution in [0.25, 0.3) is 0 Å². The number of halogens is 1. The van der Waals surface area contributed by atoms with E-state index in [-0.39, 0.29) is 4.90 Å². The molecule has 0 aliphatic rings. The van der Waals surface area contributed by atoms with Crippen molar-refractivity contribution in [3.8, 4) is 0 Å². The highest BCUT2D eigenvalue weighted by atomic mass is 32.2. The van der Waals surface area contributed by atoms with Crippen LogP contribution in [0.2, 0.25) is 0 Å². The average molecular weight is 308 g/mol. The Morgan fingerprint density at radius 1 is 1.14 bits per heavy atom. The van der Waals surface area contributed by atoms with Crippen molar-refractivity contribution in [3.05, 3.63) is 59.4 Å². The van der Waals surface area contributed by atoms with Gasteiger partial charge < -0.3 is 5.32 Å². The molecule has 0 atom stereocenters. The summed E-state index contributed by atoms with van der Waals surface area (Å²) >= 11 is 0. The largest absolute Gasteiger partial charge is 0.316 e. The van der Waals surface area contributed by atoms with Crippen molar-refractivity contribution in [2.75, 3.05) is 11.8 Å². The molecule has 0 aliphatic carbocycles. The Morgan fingerprint density at radius 3 is 2.48 bits per heavy atom. The lowest BCUT2D eigenvalue weighted by Gasteiger charge is -2.11. The molecular formula is C15H17FN2O2S. The summed E-state index contributed by atoms with van der Waals surface area (Å²) in [5.74, 6) is -0.760. The van der Waals surface area contributed by atoms with E-state index in [2.05, 4.69) is 10.0 Å². The molecule has 21 heavy (non-hydrogen) atoms. The van der Waals surface area contributed by atoms with Crippen molar-refractivity contribution in [1.29, 1.82) is 0 Å². The Balaban J connectivity index is 2.34. The monoisotopic (exact) mass is 308 g/mol. The van der Waals surface area contributed by atoms with Crippen molar-refractivity contribution in [1.82, 2.24) is 5.32 Å². The van der Waals surface area contributed by atoms with Gasteiger partial charge in [0.1, 0.15) is 10.7 Å². The summed E-state index contributed by atoms with van der Waals surface area (Å²) in [5.41, 5.74) is 1.90. The van der Waals surface area contributed by atoms with E-state index in [9.17, 15) is 12.8 Å². The fourth-order valence-electron chi connectivity index (χ4n) is 1.96. The lowest BCUT2D eigenvalue weighted by Crippen LogP contribution is -2.16. The Kier molecular flexibility index (Phi) is 4.59. The Morgan fingerprint density at radius 2 is 1.86 bits per heavy atom. The predicted octanol–water partition coefficient (Wildman–Crippen LogP) is 2.65. The van der Waals surface area contributed by atoms with Crippen molar-refractivity contribution < 1.29 is 12.8 Å². The SMILES string of the molecule is CNCc1ccc(S(=O)(=O)Nc2ccccc2C)c(F)c1. The Hall–Kier alpha value is -1.92. The molecule has 0 bridgehead atoms. The molecule has 0 aromatic heterocycles. The number of nitrogens with one attached hydrogen (secondary N) is 2. The van der Waals surface area contributed by atoms with Gasteiger partial charge in [-0.3, -0.25) is 4.72 Å². The van der Waals surface area contributed by atoms with Crippen LogP contribution in [-0.4, -0.2) is 15.5 Å². The molecule has 0 aliphatic heterocycles. The number of rotatable bonds is 5. The predicted molar refractivity (Wildman–Crippen MR) is 81.2 cm³/mol. The Bertz CT molecular complexity index is 745. The average Bonchev–Trinajstić information content (AvgIpc) is 2.41. The van der Waals surface area contributed by atoms with Gasteiger partial charge in [-0.1, -0.05) is 24.3 Å². The van der Waals surface area contributed by atoms with Crippen LogP contribution >= 0.6 is 0 Å². The second-order valence-corrected chi connectivity index (χ2v) is 6.37. The summed E-state index contributed by atoms with van der Waals surface area (Å²) in [6, 6.07) is 11.0. The zero-order chi connectivity index (χ0) is 15.5. The highest BCUT2D eigenvalue weighted by molar-refractivity contribution is 7.92. The van der Waals surface area contributed by atoms with E-state index in [1.807, 2.05) is 0 Å². The van der Waals surface area contributed by atoms with Crippen molar-refractivity contribution in [2.24, 2.45) is 0 Å². The Labute approximate surface area is 124 Å². The molecule has 0 heterocycles. The van der Waals surface area contributed by atoms with E-state index in [0.717, 1.165) is 5.56 Å². The molecule has 0 spiro atoms. The standard InChI is InChI=1S/C15H17FN2O2S/c1-11-5-3-4-6-14(11)18-21(19,20)15-8-7-12(10-17-2)9-13(15)16/h3-9,17-18H,10H2,1-2H3. The van der Waals surface area contributed by atoms with Crippen LogP contribution in [0.1, 0.15) is 11.1 Å². The van der Waals surface area contributed by atoms with Gasteiger partial charge in [-0.25, -0.2) is 12.8 Å². The third-order valence-electron chi connectivity index (χ3n) is 3.06. The third kappa shape index (κ3) is 3.59. The second kappa shape index (κ2) is 6.24. The molecule has 2 N–H and O–H groups in total. The maximum atomic E-state index is 14.0. The van der Waals surface area contributed by atoms with E-state index >= 15 is 0 Å². The van der Waals surface area contributed by atoms with Gasteiger partial charge >= 0.3 is 0 Å². The number of anilines is 1. The molecule has 0 fully saturated rings. The first kappa shape index (κ1) is 15.5. The van der Waals surface area contributed by atoms with Gasteiger partial charge in [0.25, 0.3) is 10.0 Å². The zero-order valence-corrected chi connectivity index (χ0v) is 12.7. The topological polar surface area (TPSA) is 58.2 Å². The molecule has 2 rings (SSSR count). The fourth-order valence-corrected chi connectivity index (χ4v) is 3.15. The van der Waals surface area contributed by atoms with Gasteiger partial charge in [0, 0.05) is 6.54 Å². The van der Waals surface area contributed by atoms with Crippen molar-refractivity contribution >= 4 is 15.7 Å². The fraction of sp³-hybridized carbons (Fsp3) is 0.200. The van der Waals surface area contributed by atoms with Gasteiger partial charge in [0.05, 0.1) is 5.69 Å². The summed E-state index contributed by atoms with van der Waals surface area (Å²) in [6.07, 6.45) is 0. The molecule has 112 valence electrons. The second-order valence-electron chi connectivity index (χ2n) is 4.72. The van der Waals surface area contributed by atoms with Crippen molar-refractivity contribution in [3.63, 3.8) is 0 Å². The number of sulfonamides is 1. The lowest BCUT2D eigenvalue weighted by atomic mass is 10.2. The van der Waals surface area contributed by atoms with Crippen LogP contribution in [0.4, 0.5) is 10.1 Å². The van der Waals surface area contributed by atoms with Crippen molar-refractivity contribution in [2.45, 2.75) is 18.4 Å². The van der Waals surface area contributed by atoms with E-state index in [1.165, 1.54) is 12.1 Å². The number of hydrogen-bond acceptors (Lipinski definition) is 3. The number of benzene rings is 2. The van der Waals surface area contributed by atoms with E-state index < -0.39 is 15.8 Å². The minimum atomic E-state index is -3.94. The first-order valence-corrected chi connectivity index (χ1v) is 7.94. The smallest absolute Gasteiger partial charge is 0.264 e. The van der Waals surface area contributed by atoms with Crippen LogP contribution in [0.3, 0.4) is 0 Å². The first-order chi connectivity index (χ1) is 9.94. The first-order valence-electron chi connectivity index (χ1n) is 6.45. The van der Waals surface area contributed by atoms with Gasteiger partial charge in [0.2, 0.25) is 0 Å². The van der Waals surface area contributed by atoms with E-state index in [4.69, 9.17) is 0 Å². The van der Waals surface area contributed by atoms with Crippen LogP contribution in [-0.2, 0) is 16.6 Å². The summed E-state index contributed by atoms with van der Waals surface area (Å²) in [4.78, 5) is -0.356. The van der Waals surface area contributed by atoms with Gasteiger partial charge in [-0.05, 0) is 43.3 Å². The maximum absolute atomic E-state index is 14.0. The summed E-state index contributed by atoms with van der Waals surface area (Å²) in [6.45, 7) is 2.26. The molecule has 2 aromatic carbocycles. The highest BCUT2D eigenvalue weighted by Gasteiger charge is 2.20. The van der Waals surface area contributed by atoms with Crippen LogP contribution in [0.15, 0.2) is 47.4 Å². The lowest BCUT2D eigenvalue weighted by molar-refractivity contribution is 0.568. The number of aryl methyl sites for hydroxylation is 1. The van der Waals surface area contributed by atoms with E-state index in [1.54, 1.807) is 44.3 Å². The number of para-hydroxylation sites is 1. The molecule has 0 saturated heterocycles. The highest BCUT2D eigenvalue weighted by Crippen LogP contribution is 2.22. The minimum Gasteiger partial charge on any atom is -0.316 e. The molecule has 0 radical (unpaired) electrons. The molecule has 0 amide bonds. The molecule has 0 unspecified atom stereocenters.